The highest BCUT2D eigenvalue weighted by Gasteiger charge is 2.52. The van der Waals surface area contributed by atoms with Crippen LogP contribution in [0.25, 0.3) is 0 Å². The van der Waals surface area contributed by atoms with Crippen LogP contribution in [0.3, 0.4) is 0 Å². The van der Waals surface area contributed by atoms with Crippen LogP contribution in [-0.2, 0) is 27.7 Å². The summed E-state index contributed by atoms with van der Waals surface area (Å²) in [5.74, 6) is 0. The van der Waals surface area contributed by atoms with Crippen LogP contribution >= 0.6 is 0 Å². The molecule has 1 unspecified atom stereocenters. The molecule has 2 heterocycles. The molecule has 2 rings (SSSR count). The Labute approximate surface area is 166 Å². The van der Waals surface area contributed by atoms with Crippen molar-refractivity contribution in [3.8, 4) is 0 Å². The summed E-state index contributed by atoms with van der Waals surface area (Å²) < 4.78 is 29.4. The number of rotatable bonds is 5. The molecule has 27 heavy (non-hydrogen) atoms. The Morgan fingerprint density at radius 3 is 2.22 bits per heavy atom. The second kappa shape index (κ2) is 7.56. The highest BCUT2D eigenvalue weighted by atomic mass is 32.2. The van der Waals surface area contributed by atoms with Gasteiger partial charge in [-0.05, 0) is 60.5 Å². The van der Waals surface area contributed by atoms with E-state index in [-0.39, 0.29) is 11.6 Å². The zero-order chi connectivity index (χ0) is 20.8. The molecule has 1 fully saturated rings. The zero-order valence-corrected chi connectivity index (χ0v) is 18.8. The maximum absolute atomic E-state index is 12.7. The second-order valence-corrected chi connectivity index (χ2v) is 11.2. The summed E-state index contributed by atoms with van der Waals surface area (Å²) in [6.45, 7) is 15.8. The molecule has 2 atom stereocenters. The van der Waals surface area contributed by atoms with Crippen LogP contribution in [-0.4, -0.2) is 32.2 Å². The molecule has 1 saturated heterocycles. The summed E-state index contributed by atoms with van der Waals surface area (Å²) in [5, 5.41) is 0. The van der Waals surface area contributed by atoms with Crippen molar-refractivity contribution in [2.24, 2.45) is 7.05 Å². The lowest BCUT2D eigenvalue weighted by molar-refractivity contribution is 0.00578. The van der Waals surface area contributed by atoms with E-state index in [1.165, 1.54) is 4.57 Å². The van der Waals surface area contributed by atoms with E-state index in [1.54, 1.807) is 19.3 Å². The van der Waals surface area contributed by atoms with E-state index in [2.05, 4.69) is 4.72 Å². The number of hydrogen-bond acceptors (Lipinski definition) is 5. The average molecular weight is 396 g/mol. The van der Waals surface area contributed by atoms with E-state index in [0.717, 1.165) is 11.0 Å². The van der Waals surface area contributed by atoms with Crippen LogP contribution in [0.2, 0.25) is 0 Å². The summed E-state index contributed by atoms with van der Waals surface area (Å²) in [7, 11) is 1.12. The molecule has 1 aliphatic rings. The van der Waals surface area contributed by atoms with Gasteiger partial charge in [-0.25, -0.2) is 0 Å². The van der Waals surface area contributed by atoms with Crippen LogP contribution in [0.15, 0.2) is 17.1 Å². The SMILES string of the molecule is CCC(N[S@@+]([O-])C(C)(C)C)c1cc(=O)n(C)cc1B1OC(C)(C)C(C)(C)O1. The smallest absolute Gasteiger partial charge is 0.496 e. The Kier molecular flexibility index (Phi) is 6.30. The summed E-state index contributed by atoms with van der Waals surface area (Å²) in [4.78, 5) is 12.3. The molecule has 0 aromatic carbocycles. The van der Waals surface area contributed by atoms with Gasteiger partial charge in [0, 0.05) is 36.1 Å². The first-order valence-electron chi connectivity index (χ1n) is 9.44. The van der Waals surface area contributed by atoms with E-state index in [1.807, 2.05) is 55.4 Å². The molecule has 0 saturated carbocycles. The average Bonchev–Trinajstić information content (AvgIpc) is 2.74. The molecule has 0 radical (unpaired) electrons. The Morgan fingerprint density at radius 2 is 1.78 bits per heavy atom. The van der Waals surface area contributed by atoms with Gasteiger partial charge in [-0.3, -0.25) is 4.79 Å². The van der Waals surface area contributed by atoms with Gasteiger partial charge in [0.25, 0.3) is 5.56 Å². The first kappa shape index (κ1) is 22.5. The number of nitrogens with zero attached hydrogens (tertiary/aromatic N) is 1. The Balaban J connectivity index is 2.48. The van der Waals surface area contributed by atoms with Gasteiger partial charge in [0.1, 0.15) is 4.75 Å². The van der Waals surface area contributed by atoms with Gasteiger partial charge in [0.2, 0.25) is 0 Å². The second-order valence-electron chi connectivity index (χ2n) is 9.18. The topological polar surface area (TPSA) is 75.5 Å². The lowest BCUT2D eigenvalue weighted by Crippen LogP contribution is -2.46. The standard InChI is InChI=1S/C19H33BN2O4S/c1-10-15(21-27(24)17(2,3)4)13-11-16(23)22(9)12-14(13)20-25-18(5,6)19(7,8)26-20/h11-12,15,21H,10H2,1-9H3/t15?,27-/m0/s1. The molecule has 0 amide bonds. The third-order valence-corrected chi connectivity index (χ3v) is 7.00. The highest BCUT2D eigenvalue weighted by Crippen LogP contribution is 2.37. The Morgan fingerprint density at radius 1 is 1.26 bits per heavy atom. The molecular formula is C19H33BN2O4S. The molecular weight excluding hydrogens is 363 g/mol. The van der Waals surface area contributed by atoms with Crippen molar-refractivity contribution in [1.82, 2.24) is 9.29 Å². The summed E-state index contributed by atoms with van der Waals surface area (Å²) in [6.07, 6.45) is 2.45. The fraction of sp³-hybridized carbons (Fsp3) is 0.737. The fourth-order valence-electron chi connectivity index (χ4n) is 2.81. The van der Waals surface area contributed by atoms with Crippen LogP contribution in [0.1, 0.15) is 73.4 Å². The maximum Gasteiger partial charge on any atom is 0.496 e. The van der Waals surface area contributed by atoms with Crippen molar-refractivity contribution in [1.29, 1.82) is 0 Å². The highest BCUT2D eigenvalue weighted by molar-refractivity contribution is 7.90. The molecule has 1 aromatic rings. The first-order valence-corrected chi connectivity index (χ1v) is 10.6. The first-order chi connectivity index (χ1) is 12.2. The number of aromatic nitrogens is 1. The largest absolute Gasteiger partial charge is 0.598 e. The minimum absolute atomic E-state index is 0.118. The van der Waals surface area contributed by atoms with Crippen molar-refractivity contribution in [2.75, 3.05) is 0 Å². The summed E-state index contributed by atoms with van der Waals surface area (Å²) >= 11 is -1.26. The van der Waals surface area contributed by atoms with Gasteiger partial charge in [0.05, 0.1) is 17.2 Å². The summed E-state index contributed by atoms with van der Waals surface area (Å²) in [5.41, 5.74) is 0.491. The third kappa shape index (κ3) is 4.62. The van der Waals surface area contributed by atoms with Crippen molar-refractivity contribution >= 4 is 23.9 Å². The van der Waals surface area contributed by atoms with E-state index < -0.39 is 34.4 Å². The van der Waals surface area contributed by atoms with E-state index in [4.69, 9.17) is 9.31 Å². The Bertz CT molecular complexity index is 726. The van der Waals surface area contributed by atoms with Crippen molar-refractivity contribution in [3.63, 3.8) is 0 Å². The van der Waals surface area contributed by atoms with E-state index in [0.29, 0.717) is 6.42 Å². The van der Waals surface area contributed by atoms with Gasteiger partial charge >= 0.3 is 7.12 Å². The van der Waals surface area contributed by atoms with Gasteiger partial charge < -0.3 is 18.4 Å². The molecule has 152 valence electrons. The minimum Gasteiger partial charge on any atom is -0.598 e. The van der Waals surface area contributed by atoms with Gasteiger partial charge in [-0.1, -0.05) is 6.92 Å². The monoisotopic (exact) mass is 396 g/mol. The molecule has 6 nitrogen and oxygen atoms in total. The predicted octanol–water partition coefficient (Wildman–Crippen LogP) is 2.19. The maximum atomic E-state index is 12.7. The number of nitrogens with one attached hydrogen (secondary N) is 1. The molecule has 1 aliphatic heterocycles. The third-order valence-electron chi connectivity index (χ3n) is 5.39. The summed E-state index contributed by atoms with van der Waals surface area (Å²) in [6, 6.07) is 1.36. The van der Waals surface area contributed by atoms with Gasteiger partial charge in [-0.15, -0.1) is 4.72 Å². The van der Waals surface area contributed by atoms with E-state index >= 15 is 0 Å². The molecule has 0 bridgehead atoms. The van der Waals surface area contributed by atoms with E-state index in [9.17, 15) is 9.35 Å². The minimum atomic E-state index is -1.26. The van der Waals surface area contributed by atoms with Crippen molar-refractivity contribution < 1.29 is 13.9 Å². The quantitative estimate of drug-likeness (QED) is 0.610. The lowest BCUT2D eigenvalue weighted by atomic mass is 9.75. The molecule has 1 aromatic heterocycles. The lowest BCUT2D eigenvalue weighted by Gasteiger charge is -2.32. The predicted molar refractivity (Wildman–Crippen MR) is 111 cm³/mol. The van der Waals surface area contributed by atoms with Crippen LogP contribution in [0.5, 0.6) is 0 Å². The molecule has 0 aliphatic carbocycles. The van der Waals surface area contributed by atoms with Crippen molar-refractivity contribution in [2.45, 2.75) is 83.8 Å². The molecule has 8 heteroatoms. The normalized spacial score (nSPS) is 21.3. The van der Waals surface area contributed by atoms with Crippen LogP contribution < -0.4 is 15.7 Å². The molecule has 1 N–H and O–H groups in total. The van der Waals surface area contributed by atoms with Crippen molar-refractivity contribution in [3.05, 3.63) is 28.2 Å². The van der Waals surface area contributed by atoms with Gasteiger partial charge in [-0.2, -0.15) is 0 Å². The van der Waals surface area contributed by atoms with Crippen LogP contribution in [0, 0.1) is 0 Å². The number of aryl methyl sites for hydroxylation is 1. The molecule has 0 spiro atoms. The zero-order valence-electron chi connectivity index (χ0n) is 18.0. The van der Waals surface area contributed by atoms with Gasteiger partial charge in [0.15, 0.2) is 0 Å². The number of pyridine rings is 1. The fourth-order valence-corrected chi connectivity index (χ4v) is 3.71. The van der Waals surface area contributed by atoms with Crippen LogP contribution in [0.4, 0.5) is 0 Å². The Hall–Kier alpha value is -0.795. The number of hydrogen-bond donors (Lipinski definition) is 1.